The largest absolute Gasteiger partial charge is 0.334 e. The van der Waals surface area contributed by atoms with Crippen molar-refractivity contribution in [2.75, 3.05) is 7.05 Å². The molecule has 0 saturated carbocycles. The zero-order valence-corrected chi connectivity index (χ0v) is 14.0. The number of fused-ring (bicyclic) bond motifs is 1. The molecular formula is C18H15F2N3O3. The number of benzene rings is 1. The van der Waals surface area contributed by atoms with Gasteiger partial charge in [-0.2, -0.15) is 0 Å². The van der Waals surface area contributed by atoms with E-state index in [9.17, 15) is 23.2 Å². The van der Waals surface area contributed by atoms with Crippen LogP contribution in [0, 0.1) is 11.6 Å². The van der Waals surface area contributed by atoms with E-state index in [1.165, 1.54) is 42.4 Å². The fourth-order valence-electron chi connectivity index (χ4n) is 2.80. The van der Waals surface area contributed by atoms with E-state index in [0.29, 0.717) is 5.56 Å². The van der Waals surface area contributed by atoms with Gasteiger partial charge in [-0.25, -0.2) is 8.78 Å². The van der Waals surface area contributed by atoms with Crippen LogP contribution in [0.25, 0.3) is 10.8 Å². The molecule has 0 aliphatic heterocycles. The molecule has 134 valence electrons. The van der Waals surface area contributed by atoms with E-state index in [4.69, 9.17) is 0 Å². The van der Waals surface area contributed by atoms with E-state index < -0.39 is 40.1 Å². The molecule has 0 radical (unpaired) electrons. The molecule has 1 aromatic carbocycles. The Balaban J connectivity index is 2.07. The summed E-state index contributed by atoms with van der Waals surface area (Å²) in [5.74, 6) is -2.82. The first-order chi connectivity index (χ1) is 12.3. The van der Waals surface area contributed by atoms with Gasteiger partial charge in [0.15, 0.2) is 11.6 Å². The van der Waals surface area contributed by atoms with Gasteiger partial charge in [-0.15, -0.1) is 0 Å². The quantitative estimate of drug-likeness (QED) is 0.753. The molecule has 3 rings (SSSR count). The predicted octanol–water partition coefficient (Wildman–Crippen LogP) is 2.33. The Hall–Kier alpha value is -3.29. The third kappa shape index (κ3) is 2.90. The highest BCUT2D eigenvalue weighted by Gasteiger charge is 2.23. The minimum absolute atomic E-state index is 0.0952. The highest BCUT2D eigenvalue weighted by atomic mass is 19.2. The minimum Gasteiger partial charge on any atom is -0.334 e. The van der Waals surface area contributed by atoms with Crippen LogP contribution in [0.5, 0.6) is 0 Å². The van der Waals surface area contributed by atoms with Gasteiger partial charge in [0.1, 0.15) is 5.69 Å². The maximum atomic E-state index is 14.1. The standard InChI is InChI=1S/C18H15F2N3O3/c1-9(23(2)18(26)13-4-3-5-14(24)22-13)11-8-21-17(25)15-10(11)6-7-12(19)16(15)20/h3-9H,1-2H3,(H,21,25)(H,22,24)/t9-/m1/s1. The van der Waals surface area contributed by atoms with E-state index >= 15 is 0 Å². The summed E-state index contributed by atoms with van der Waals surface area (Å²) in [6.07, 6.45) is 1.37. The fraction of sp³-hybridized carbons (Fsp3) is 0.167. The van der Waals surface area contributed by atoms with Gasteiger partial charge in [-0.05, 0) is 30.0 Å². The Morgan fingerprint density at radius 3 is 2.58 bits per heavy atom. The Bertz CT molecular complexity index is 1120. The topological polar surface area (TPSA) is 86.0 Å². The Morgan fingerprint density at radius 1 is 1.15 bits per heavy atom. The molecule has 0 aliphatic carbocycles. The summed E-state index contributed by atoms with van der Waals surface area (Å²) in [7, 11) is 1.51. The molecule has 0 fully saturated rings. The summed E-state index contributed by atoms with van der Waals surface area (Å²) in [5.41, 5.74) is -0.635. The number of hydrogen-bond donors (Lipinski definition) is 2. The summed E-state index contributed by atoms with van der Waals surface area (Å²) in [5, 5.41) is -0.190. The van der Waals surface area contributed by atoms with E-state index in [0.717, 1.165) is 6.07 Å². The number of carbonyl (C=O) groups excluding carboxylic acids is 1. The lowest BCUT2D eigenvalue weighted by Crippen LogP contribution is -2.32. The number of aromatic amines is 2. The summed E-state index contributed by atoms with van der Waals surface area (Å²) in [6.45, 7) is 1.67. The van der Waals surface area contributed by atoms with E-state index in [1.54, 1.807) is 6.92 Å². The number of carbonyl (C=O) groups is 1. The highest BCUT2D eigenvalue weighted by Crippen LogP contribution is 2.27. The molecule has 0 unspecified atom stereocenters. The number of amides is 1. The zero-order valence-electron chi connectivity index (χ0n) is 14.0. The molecule has 1 atom stereocenters. The average Bonchev–Trinajstić information content (AvgIpc) is 2.63. The van der Waals surface area contributed by atoms with Crippen LogP contribution in [-0.2, 0) is 0 Å². The van der Waals surface area contributed by atoms with Gasteiger partial charge in [-0.1, -0.05) is 12.1 Å². The lowest BCUT2D eigenvalue weighted by Gasteiger charge is -2.26. The number of H-pyrrole nitrogens is 2. The van der Waals surface area contributed by atoms with Crippen molar-refractivity contribution < 1.29 is 13.6 Å². The molecule has 1 amide bonds. The minimum atomic E-state index is -1.24. The van der Waals surface area contributed by atoms with Gasteiger partial charge in [0.2, 0.25) is 5.56 Å². The Kier molecular flexibility index (Phi) is 4.41. The van der Waals surface area contributed by atoms with Crippen molar-refractivity contribution in [2.24, 2.45) is 0 Å². The van der Waals surface area contributed by atoms with E-state index in [1.807, 2.05) is 0 Å². The van der Waals surface area contributed by atoms with Crippen molar-refractivity contribution in [2.45, 2.75) is 13.0 Å². The van der Waals surface area contributed by atoms with Crippen LogP contribution in [0.15, 0.2) is 46.1 Å². The van der Waals surface area contributed by atoms with Crippen molar-refractivity contribution >= 4 is 16.7 Å². The number of nitrogens with zero attached hydrogens (tertiary/aromatic N) is 1. The maximum absolute atomic E-state index is 14.1. The van der Waals surface area contributed by atoms with Crippen molar-refractivity contribution in [1.82, 2.24) is 14.9 Å². The molecule has 0 aliphatic rings. The number of rotatable bonds is 3. The number of hydrogen-bond acceptors (Lipinski definition) is 3. The van der Waals surface area contributed by atoms with Crippen molar-refractivity contribution in [1.29, 1.82) is 0 Å². The Labute approximate surface area is 146 Å². The Morgan fingerprint density at radius 2 is 1.88 bits per heavy atom. The molecule has 26 heavy (non-hydrogen) atoms. The van der Waals surface area contributed by atoms with Gasteiger partial charge in [0.25, 0.3) is 11.5 Å². The number of aromatic nitrogens is 2. The second-order valence-corrected chi connectivity index (χ2v) is 5.88. The van der Waals surface area contributed by atoms with Gasteiger partial charge in [-0.3, -0.25) is 14.4 Å². The fourth-order valence-corrected chi connectivity index (χ4v) is 2.80. The van der Waals surface area contributed by atoms with Gasteiger partial charge in [0.05, 0.1) is 11.4 Å². The lowest BCUT2D eigenvalue weighted by molar-refractivity contribution is 0.0737. The molecule has 0 saturated heterocycles. The lowest BCUT2D eigenvalue weighted by atomic mass is 10.0. The molecule has 2 N–H and O–H groups in total. The third-order valence-corrected chi connectivity index (χ3v) is 4.34. The van der Waals surface area contributed by atoms with Gasteiger partial charge >= 0.3 is 0 Å². The van der Waals surface area contributed by atoms with Crippen LogP contribution >= 0.6 is 0 Å². The first-order valence-electron chi connectivity index (χ1n) is 7.77. The molecule has 0 bridgehead atoms. The van der Waals surface area contributed by atoms with Gasteiger partial charge in [0, 0.05) is 19.3 Å². The van der Waals surface area contributed by atoms with Crippen LogP contribution < -0.4 is 11.1 Å². The normalized spacial score (nSPS) is 12.2. The molecule has 2 heterocycles. The second-order valence-electron chi connectivity index (χ2n) is 5.88. The highest BCUT2D eigenvalue weighted by molar-refractivity contribution is 5.93. The molecule has 6 nitrogen and oxygen atoms in total. The van der Waals surface area contributed by atoms with Crippen molar-refractivity contribution in [3.8, 4) is 0 Å². The molecule has 8 heteroatoms. The van der Waals surface area contributed by atoms with E-state index in [2.05, 4.69) is 9.97 Å². The molecule has 0 spiro atoms. The second kappa shape index (κ2) is 6.55. The maximum Gasteiger partial charge on any atom is 0.270 e. The predicted molar refractivity (Wildman–Crippen MR) is 92.1 cm³/mol. The smallest absolute Gasteiger partial charge is 0.270 e. The SMILES string of the molecule is C[C@H](c1c[nH]c(=O)c2c(F)c(F)ccc12)N(C)C(=O)c1cccc(=O)[nH]1. The average molecular weight is 359 g/mol. The van der Waals surface area contributed by atoms with Crippen LogP contribution in [0.1, 0.15) is 29.0 Å². The monoisotopic (exact) mass is 359 g/mol. The van der Waals surface area contributed by atoms with Crippen LogP contribution in [-0.4, -0.2) is 27.8 Å². The van der Waals surface area contributed by atoms with Crippen molar-refractivity contribution in [3.05, 3.63) is 80.1 Å². The summed E-state index contributed by atoms with van der Waals surface area (Å²) in [6, 6.07) is 5.86. The summed E-state index contributed by atoms with van der Waals surface area (Å²) >= 11 is 0. The first kappa shape index (κ1) is 17.5. The first-order valence-corrected chi connectivity index (χ1v) is 7.77. The molecule has 3 aromatic rings. The summed E-state index contributed by atoms with van der Waals surface area (Å²) < 4.78 is 27.5. The zero-order chi connectivity index (χ0) is 19.0. The van der Waals surface area contributed by atoms with Crippen molar-refractivity contribution in [3.63, 3.8) is 0 Å². The number of pyridine rings is 2. The van der Waals surface area contributed by atoms with E-state index in [-0.39, 0.29) is 11.1 Å². The number of halogens is 2. The van der Waals surface area contributed by atoms with Crippen LogP contribution in [0.4, 0.5) is 8.78 Å². The summed E-state index contributed by atoms with van der Waals surface area (Å²) in [4.78, 5) is 42.0. The van der Waals surface area contributed by atoms with Gasteiger partial charge < -0.3 is 14.9 Å². The van der Waals surface area contributed by atoms with Crippen LogP contribution in [0.3, 0.4) is 0 Å². The molecular weight excluding hydrogens is 344 g/mol. The third-order valence-electron chi connectivity index (χ3n) is 4.34. The molecule has 2 aromatic heterocycles. The van der Waals surface area contributed by atoms with Crippen LogP contribution in [0.2, 0.25) is 0 Å². The number of nitrogens with one attached hydrogen (secondary N) is 2.